The number of aryl methyl sites for hydroxylation is 1. The highest BCUT2D eigenvalue weighted by Gasteiger charge is 2.04. The van der Waals surface area contributed by atoms with Crippen molar-refractivity contribution in [2.75, 3.05) is 0 Å². The van der Waals surface area contributed by atoms with E-state index in [1.54, 1.807) is 12.1 Å². The highest BCUT2D eigenvalue weighted by atomic mass is 16.4. The predicted octanol–water partition coefficient (Wildman–Crippen LogP) is 2.72. The van der Waals surface area contributed by atoms with E-state index in [1.807, 2.05) is 39.0 Å². The van der Waals surface area contributed by atoms with Crippen LogP contribution in [0.5, 0.6) is 0 Å². The Balaban J connectivity index is 0.000000791. The van der Waals surface area contributed by atoms with Gasteiger partial charge < -0.3 is 5.21 Å². The van der Waals surface area contributed by atoms with Crippen LogP contribution in [0.2, 0.25) is 0 Å². The quantitative estimate of drug-likeness (QED) is 0.420. The fourth-order valence-electron chi connectivity index (χ4n) is 0.975. The molecule has 0 saturated heterocycles. The van der Waals surface area contributed by atoms with Gasteiger partial charge >= 0.3 is 0 Å². The van der Waals surface area contributed by atoms with Gasteiger partial charge in [0.1, 0.15) is 6.07 Å². The van der Waals surface area contributed by atoms with E-state index < -0.39 is 0 Å². The van der Waals surface area contributed by atoms with Gasteiger partial charge in [-0.2, -0.15) is 5.26 Å². The molecule has 0 aliphatic rings. The molecule has 0 aliphatic carbocycles. The second-order valence-electron chi connectivity index (χ2n) is 2.38. The van der Waals surface area contributed by atoms with Crippen molar-refractivity contribution in [3.63, 3.8) is 0 Å². The molecule has 0 unspecified atom stereocenters. The van der Waals surface area contributed by atoms with E-state index >= 15 is 0 Å². The fourth-order valence-corrected chi connectivity index (χ4v) is 0.975. The number of nitrogens with zero attached hydrogens (tertiary/aromatic N) is 2. The lowest BCUT2D eigenvalue weighted by Gasteiger charge is -1.99. The van der Waals surface area contributed by atoms with Crippen molar-refractivity contribution in [3.05, 3.63) is 35.4 Å². The van der Waals surface area contributed by atoms with Gasteiger partial charge in [-0.1, -0.05) is 43.3 Å². The summed E-state index contributed by atoms with van der Waals surface area (Å²) in [5, 5.41) is 19.9. The maximum absolute atomic E-state index is 8.56. The highest BCUT2D eigenvalue weighted by molar-refractivity contribution is 6.12. The van der Waals surface area contributed by atoms with E-state index in [-0.39, 0.29) is 5.71 Å². The van der Waals surface area contributed by atoms with Gasteiger partial charge in [0.2, 0.25) is 0 Å². The zero-order chi connectivity index (χ0) is 11.0. The molecule has 0 bridgehead atoms. The molecule has 1 aromatic rings. The maximum atomic E-state index is 8.56. The molecule has 0 fully saturated rings. The third-order valence-electron chi connectivity index (χ3n) is 1.61. The van der Waals surface area contributed by atoms with E-state index in [2.05, 4.69) is 5.16 Å². The molecule has 0 atom stereocenters. The second-order valence-corrected chi connectivity index (χ2v) is 2.38. The maximum Gasteiger partial charge on any atom is 0.186 e. The van der Waals surface area contributed by atoms with Crippen LogP contribution in [-0.4, -0.2) is 10.9 Å². The molecule has 0 spiro atoms. The van der Waals surface area contributed by atoms with Crippen molar-refractivity contribution >= 4 is 5.71 Å². The number of nitriles is 1. The molecular formula is C11H14N2O. The third-order valence-corrected chi connectivity index (χ3v) is 1.61. The van der Waals surface area contributed by atoms with Crippen LogP contribution in [0.4, 0.5) is 0 Å². The van der Waals surface area contributed by atoms with Crippen molar-refractivity contribution in [3.8, 4) is 6.07 Å². The van der Waals surface area contributed by atoms with Crippen LogP contribution in [0.1, 0.15) is 25.0 Å². The van der Waals surface area contributed by atoms with E-state index in [1.165, 1.54) is 0 Å². The summed E-state index contributed by atoms with van der Waals surface area (Å²) in [5.74, 6) is 0. The largest absolute Gasteiger partial charge is 0.410 e. The highest BCUT2D eigenvalue weighted by Crippen LogP contribution is 2.07. The summed E-state index contributed by atoms with van der Waals surface area (Å²) in [6, 6.07) is 9.07. The zero-order valence-electron chi connectivity index (χ0n) is 8.65. The molecule has 0 aliphatic heterocycles. The van der Waals surface area contributed by atoms with Crippen molar-refractivity contribution in [1.82, 2.24) is 0 Å². The van der Waals surface area contributed by atoms with Crippen molar-refractivity contribution in [2.24, 2.45) is 5.16 Å². The Labute approximate surface area is 84.3 Å². The van der Waals surface area contributed by atoms with Gasteiger partial charge in [0.05, 0.1) is 0 Å². The normalized spacial score (nSPS) is 9.71. The summed E-state index contributed by atoms with van der Waals surface area (Å²) in [4.78, 5) is 0. The Morgan fingerprint density at radius 2 is 1.93 bits per heavy atom. The summed E-state index contributed by atoms with van der Waals surface area (Å²) in [6.45, 7) is 5.86. The van der Waals surface area contributed by atoms with Gasteiger partial charge in [-0.15, -0.1) is 0 Å². The first-order chi connectivity index (χ1) is 6.79. The Bertz CT molecular complexity index is 351. The van der Waals surface area contributed by atoms with E-state index in [9.17, 15) is 0 Å². The van der Waals surface area contributed by atoms with Gasteiger partial charge in [0.15, 0.2) is 5.71 Å². The second kappa shape index (κ2) is 6.67. The van der Waals surface area contributed by atoms with Gasteiger partial charge in [-0.3, -0.25) is 0 Å². The van der Waals surface area contributed by atoms with Crippen LogP contribution in [0.15, 0.2) is 29.4 Å². The van der Waals surface area contributed by atoms with Gasteiger partial charge in [0, 0.05) is 5.56 Å². The molecule has 0 amide bonds. The first kappa shape index (κ1) is 12.2. The molecular weight excluding hydrogens is 176 g/mol. The molecule has 0 saturated carbocycles. The van der Waals surface area contributed by atoms with Gasteiger partial charge in [0.25, 0.3) is 0 Å². The number of benzene rings is 1. The molecule has 1 aromatic carbocycles. The molecule has 1 N–H and O–H groups in total. The first-order valence-corrected chi connectivity index (χ1v) is 4.47. The minimum atomic E-state index is 0.0492. The Kier molecular flexibility index (Phi) is 5.80. The van der Waals surface area contributed by atoms with E-state index in [0.29, 0.717) is 5.56 Å². The monoisotopic (exact) mass is 190 g/mol. The predicted molar refractivity (Wildman–Crippen MR) is 56.5 cm³/mol. The van der Waals surface area contributed by atoms with Crippen molar-refractivity contribution in [1.29, 1.82) is 5.26 Å². The number of rotatable bonds is 1. The number of hydrogen-bond acceptors (Lipinski definition) is 3. The fraction of sp³-hybridized carbons (Fsp3) is 0.273. The Morgan fingerprint density at radius 1 is 1.36 bits per heavy atom. The smallest absolute Gasteiger partial charge is 0.186 e. The van der Waals surface area contributed by atoms with E-state index in [0.717, 1.165) is 5.56 Å². The molecule has 1 rings (SSSR count). The third kappa shape index (κ3) is 2.91. The SMILES string of the molecule is CC.Cc1ccccc1/C(C#N)=N\O. The minimum absolute atomic E-state index is 0.0492. The number of hydrogen-bond donors (Lipinski definition) is 1. The van der Waals surface area contributed by atoms with E-state index in [4.69, 9.17) is 10.5 Å². The lowest BCUT2D eigenvalue weighted by Crippen LogP contribution is -1.99. The summed E-state index contributed by atoms with van der Waals surface area (Å²) < 4.78 is 0. The molecule has 3 heteroatoms. The molecule has 14 heavy (non-hydrogen) atoms. The van der Waals surface area contributed by atoms with Crippen LogP contribution >= 0.6 is 0 Å². The van der Waals surface area contributed by atoms with Crippen LogP contribution in [-0.2, 0) is 0 Å². The summed E-state index contributed by atoms with van der Waals surface area (Å²) in [7, 11) is 0. The summed E-state index contributed by atoms with van der Waals surface area (Å²) in [5.41, 5.74) is 1.64. The summed E-state index contributed by atoms with van der Waals surface area (Å²) >= 11 is 0. The average molecular weight is 190 g/mol. The van der Waals surface area contributed by atoms with Crippen molar-refractivity contribution in [2.45, 2.75) is 20.8 Å². The topological polar surface area (TPSA) is 56.4 Å². The molecule has 0 heterocycles. The lowest BCUT2D eigenvalue weighted by atomic mass is 10.1. The molecule has 0 radical (unpaired) electrons. The Hall–Kier alpha value is -1.82. The minimum Gasteiger partial charge on any atom is -0.410 e. The summed E-state index contributed by atoms with van der Waals surface area (Å²) in [6.07, 6.45) is 0. The molecule has 3 nitrogen and oxygen atoms in total. The van der Waals surface area contributed by atoms with Crippen LogP contribution in [0.3, 0.4) is 0 Å². The van der Waals surface area contributed by atoms with Gasteiger partial charge in [-0.05, 0) is 12.5 Å². The Morgan fingerprint density at radius 3 is 2.36 bits per heavy atom. The average Bonchev–Trinajstić information content (AvgIpc) is 2.25. The molecule has 74 valence electrons. The van der Waals surface area contributed by atoms with Crippen molar-refractivity contribution < 1.29 is 5.21 Å². The standard InChI is InChI=1S/C9H8N2O.C2H6/c1-7-4-2-3-5-8(7)9(6-10)11-12;1-2/h2-5,12H,1H3;1-2H3/b11-9-;. The number of oxime groups is 1. The zero-order valence-corrected chi connectivity index (χ0v) is 8.65. The van der Waals surface area contributed by atoms with Gasteiger partial charge in [-0.25, -0.2) is 0 Å². The molecule has 0 aromatic heterocycles. The first-order valence-electron chi connectivity index (χ1n) is 4.47. The van der Waals surface area contributed by atoms with Crippen LogP contribution < -0.4 is 0 Å². The van der Waals surface area contributed by atoms with Crippen LogP contribution in [0, 0.1) is 18.3 Å². The lowest BCUT2D eigenvalue weighted by molar-refractivity contribution is 0.320. The van der Waals surface area contributed by atoms with Crippen LogP contribution in [0.25, 0.3) is 0 Å².